The van der Waals surface area contributed by atoms with Gasteiger partial charge in [-0.15, -0.1) is 0 Å². The van der Waals surface area contributed by atoms with E-state index in [0.29, 0.717) is 23.9 Å². The lowest BCUT2D eigenvalue weighted by Gasteiger charge is -2.21. The summed E-state index contributed by atoms with van der Waals surface area (Å²) in [7, 11) is 1.56. The number of nitrogens with zero attached hydrogens (tertiary/aromatic N) is 1. The first kappa shape index (κ1) is 18.3. The number of hydrogen-bond acceptors (Lipinski definition) is 4. The SMILES string of the molecule is CCN(CC(=O)Nc1ccccc1OC)CC(=O)N[C@@H](C)C1CC1. The van der Waals surface area contributed by atoms with E-state index in [1.54, 1.807) is 19.2 Å². The van der Waals surface area contributed by atoms with Crippen molar-refractivity contribution in [2.75, 3.05) is 32.1 Å². The molecule has 0 saturated heterocycles. The lowest BCUT2D eigenvalue weighted by molar-refractivity contribution is -0.124. The topological polar surface area (TPSA) is 70.7 Å². The van der Waals surface area contributed by atoms with Gasteiger partial charge in [-0.2, -0.15) is 0 Å². The molecule has 1 aliphatic carbocycles. The van der Waals surface area contributed by atoms with Crippen LogP contribution in [0.3, 0.4) is 0 Å². The van der Waals surface area contributed by atoms with E-state index in [1.807, 2.05) is 30.9 Å². The van der Waals surface area contributed by atoms with Gasteiger partial charge in [-0.25, -0.2) is 0 Å². The molecule has 6 nitrogen and oxygen atoms in total. The van der Waals surface area contributed by atoms with Crippen molar-refractivity contribution in [3.05, 3.63) is 24.3 Å². The summed E-state index contributed by atoms with van der Waals surface area (Å²) in [5.41, 5.74) is 0.632. The van der Waals surface area contributed by atoms with Crippen LogP contribution in [0, 0.1) is 5.92 Å². The average molecular weight is 333 g/mol. The Morgan fingerprint density at radius 3 is 2.54 bits per heavy atom. The summed E-state index contributed by atoms with van der Waals surface area (Å²) in [6, 6.07) is 7.48. The Labute approximate surface area is 143 Å². The molecule has 132 valence electrons. The van der Waals surface area contributed by atoms with E-state index in [9.17, 15) is 9.59 Å². The van der Waals surface area contributed by atoms with Crippen molar-refractivity contribution in [1.29, 1.82) is 0 Å². The number of methoxy groups -OCH3 is 1. The Kier molecular flexibility index (Phi) is 6.61. The molecule has 2 rings (SSSR count). The molecule has 0 bridgehead atoms. The molecule has 1 atom stereocenters. The fraction of sp³-hybridized carbons (Fsp3) is 0.556. The van der Waals surface area contributed by atoms with E-state index in [-0.39, 0.29) is 30.9 Å². The summed E-state index contributed by atoms with van der Waals surface area (Å²) in [6.07, 6.45) is 2.39. The third-order valence-corrected chi connectivity index (χ3v) is 4.28. The fourth-order valence-corrected chi connectivity index (χ4v) is 2.64. The Morgan fingerprint density at radius 1 is 1.25 bits per heavy atom. The zero-order valence-electron chi connectivity index (χ0n) is 14.7. The second-order valence-electron chi connectivity index (χ2n) is 6.25. The molecule has 1 saturated carbocycles. The largest absolute Gasteiger partial charge is 0.495 e. The smallest absolute Gasteiger partial charge is 0.238 e. The fourth-order valence-electron chi connectivity index (χ4n) is 2.64. The minimum Gasteiger partial charge on any atom is -0.495 e. The van der Waals surface area contributed by atoms with Gasteiger partial charge in [0.2, 0.25) is 11.8 Å². The van der Waals surface area contributed by atoms with Crippen LogP contribution in [-0.2, 0) is 9.59 Å². The standard InChI is InChI=1S/C18H27N3O3/c1-4-21(11-17(22)19-13(2)14-9-10-14)12-18(23)20-15-7-5-6-8-16(15)24-3/h5-8,13-14H,4,9-12H2,1-3H3,(H,19,22)(H,20,23)/t13-/m0/s1. The number of nitrogens with one attached hydrogen (secondary N) is 2. The Hall–Kier alpha value is -2.08. The van der Waals surface area contributed by atoms with E-state index >= 15 is 0 Å². The Balaban J connectivity index is 1.82. The molecule has 24 heavy (non-hydrogen) atoms. The van der Waals surface area contributed by atoms with Crippen molar-refractivity contribution in [2.45, 2.75) is 32.7 Å². The molecule has 1 aliphatic rings. The summed E-state index contributed by atoms with van der Waals surface area (Å²) < 4.78 is 5.22. The molecule has 1 aromatic rings. The van der Waals surface area contributed by atoms with Gasteiger partial charge in [0.25, 0.3) is 0 Å². The second kappa shape index (κ2) is 8.68. The average Bonchev–Trinajstić information content (AvgIpc) is 3.39. The zero-order chi connectivity index (χ0) is 17.5. The molecule has 0 radical (unpaired) electrons. The Morgan fingerprint density at radius 2 is 1.92 bits per heavy atom. The van der Waals surface area contributed by atoms with E-state index in [1.165, 1.54) is 12.8 Å². The van der Waals surface area contributed by atoms with Gasteiger partial charge in [-0.1, -0.05) is 19.1 Å². The van der Waals surface area contributed by atoms with Gasteiger partial charge < -0.3 is 15.4 Å². The second-order valence-corrected chi connectivity index (χ2v) is 6.25. The number of benzene rings is 1. The van der Waals surface area contributed by atoms with Gasteiger partial charge in [-0.05, 0) is 44.4 Å². The van der Waals surface area contributed by atoms with Crippen molar-refractivity contribution in [3.63, 3.8) is 0 Å². The lowest BCUT2D eigenvalue weighted by Crippen LogP contribution is -2.44. The van der Waals surface area contributed by atoms with Crippen molar-refractivity contribution >= 4 is 17.5 Å². The number of para-hydroxylation sites is 2. The molecule has 0 unspecified atom stereocenters. The van der Waals surface area contributed by atoms with Crippen LogP contribution < -0.4 is 15.4 Å². The van der Waals surface area contributed by atoms with Gasteiger partial charge in [0.15, 0.2) is 0 Å². The van der Waals surface area contributed by atoms with Gasteiger partial charge in [0.1, 0.15) is 5.75 Å². The van der Waals surface area contributed by atoms with E-state index in [2.05, 4.69) is 10.6 Å². The molecular formula is C18H27N3O3. The first-order valence-corrected chi connectivity index (χ1v) is 8.48. The van der Waals surface area contributed by atoms with Crippen LogP contribution in [0.25, 0.3) is 0 Å². The van der Waals surface area contributed by atoms with Crippen LogP contribution in [0.2, 0.25) is 0 Å². The number of likely N-dealkylation sites (N-methyl/N-ethyl adjacent to an activating group) is 1. The minimum atomic E-state index is -0.163. The van der Waals surface area contributed by atoms with Gasteiger partial charge in [0.05, 0.1) is 25.9 Å². The first-order chi connectivity index (χ1) is 11.5. The highest BCUT2D eigenvalue weighted by Crippen LogP contribution is 2.32. The predicted molar refractivity (Wildman–Crippen MR) is 94.1 cm³/mol. The zero-order valence-corrected chi connectivity index (χ0v) is 14.7. The first-order valence-electron chi connectivity index (χ1n) is 8.48. The molecule has 0 aromatic heterocycles. The molecular weight excluding hydrogens is 306 g/mol. The lowest BCUT2D eigenvalue weighted by atomic mass is 10.2. The van der Waals surface area contributed by atoms with Crippen LogP contribution in [0.1, 0.15) is 26.7 Å². The van der Waals surface area contributed by atoms with Crippen LogP contribution >= 0.6 is 0 Å². The van der Waals surface area contributed by atoms with Crippen molar-refractivity contribution in [3.8, 4) is 5.75 Å². The van der Waals surface area contributed by atoms with Crippen molar-refractivity contribution < 1.29 is 14.3 Å². The van der Waals surface area contributed by atoms with Crippen LogP contribution in [0.4, 0.5) is 5.69 Å². The summed E-state index contributed by atoms with van der Waals surface area (Å²) in [5.74, 6) is 1.05. The molecule has 1 aromatic carbocycles. The quantitative estimate of drug-likeness (QED) is 0.724. The molecule has 6 heteroatoms. The number of carbonyl (C=O) groups is 2. The van der Waals surface area contributed by atoms with Crippen molar-refractivity contribution in [1.82, 2.24) is 10.2 Å². The monoisotopic (exact) mass is 333 g/mol. The Bertz CT molecular complexity index is 572. The predicted octanol–water partition coefficient (Wildman–Crippen LogP) is 1.87. The third kappa shape index (κ3) is 5.53. The number of amides is 2. The number of ether oxygens (including phenoxy) is 1. The summed E-state index contributed by atoms with van der Waals surface area (Å²) in [5, 5.41) is 5.85. The van der Waals surface area contributed by atoms with Gasteiger partial charge >= 0.3 is 0 Å². The minimum absolute atomic E-state index is 0.0265. The van der Waals surface area contributed by atoms with Crippen LogP contribution in [0.15, 0.2) is 24.3 Å². The summed E-state index contributed by atoms with van der Waals surface area (Å²) in [4.78, 5) is 26.1. The maximum Gasteiger partial charge on any atom is 0.238 e. The number of hydrogen-bond donors (Lipinski definition) is 2. The molecule has 0 aliphatic heterocycles. The molecule has 2 N–H and O–H groups in total. The highest BCUT2D eigenvalue weighted by atomic mass is 16.5. The normalized spacial score (nSPS) is 15.0. The summed E-state index contributed by atoms with van der Waals surface area (Å²) >= 11 is 0. The van der Waals surface area contributed by atoms with Gasteiger partial charge in [-0.3, -0.25) is 14.5 Å². The van der Waals surface area contributed by atoms with E-state index < -0.39 is 0 Å². The molecule has 2 amide bonds. The summed E-state index contributed by atoms with van der Waals surface area (Å²) in [6.45, 7) is 5.01. The number of anilines is 1. The molecule has 1 fully saturated rings. The van der Waals surface area contributed by atoms with Crippen LogP contribution in [-0.4, -0.2) is 49.5 Å². The number of rotatable bonds is 9. The maximum atomic E-state index is 12.2. The number of carbonyl (C=O) groups excluding carboxylic acids is 2. The highest BCUT2D eigenvalue weighted by Gasteiger charge is 2.29. The van der Waals surface area contributed by atoms with E-state index in [0.717, 1.165) is 0 Å². The molecule has 0 heterocycles. The third-order valence-electron chi connectivity index (χ3n) is 4.28. The highest BCUT2D eigenvalue weighted by molar-refractivity contribution is 5.94. The maximum absolute atomic E-state index is 12.2. The van der Waals surface area contributed by atoms with Crippen LogP contribution in [0.5, 0.6) is 5.75 Å². The van der Waals surface area contributed by atoms with Gasteiger partial charge in [0, 0.05) is 6.04 Å². The van der Waals surface area contributed by atoms with E-state index in [4.69, 9.17) is 4.74 Å². The molecule has 0 spiro atoms. The van der Waals surface area contributed by atoms with Crippen molar-refractivity contribution in [2.24, 2.45) is 5.92 Å².